The predicted molar refractivity (Wildman–Crippen MR) is 80.3 cm³/mol. The van der Waals surface area contributed by atoms with Crippen molar-refractivity contribution >= 4 is 11.6 Å². The van der Waals surface area contributed by atoms with Gasteiger partial charge in [0.05, 0.1) is 10.6 Å². The smallest absolute Gasteiger partial charge is 0.142 e. The maximum atomic E-state index is 13.3. The molecule has 0 unspecified atom stereocenters. The zero-order valence-electron chi connectivity index (χ0n) is 12.2. The summed E-state index contributed by atoms with van der Waals surface area (Å²) >= 11 is 5.91. The van der Waals surface area contributed by atoms with Crippen LogP contribution in [0.3, 0.4) is 0 Å². The first kappa shape index (κ1) is 15.7. The van der Waals surface area contributed by atoms with Crippen LogP contribution in [0.15, 0.2) is 18.2 Å². The summed E-state index contributed by atoms with van der Waals surface area (Å²) < 4.78 is 13.3. The molecule has 1 saturated carbocycles. The summed E-state index contributed by atoms with van der Waals surface area (Å²) in [7, 11) is 0. The summed E-state index contributed by atoms with van der Waals surface area (Å²) in [5.41, 5.74) is 0.416. The molecule has 4 heteroatoms. The van der Waals surface area contributed by atoms with E-state index in [1.807, 2.05) is 0 Å². The Morgan fingerprint density at radius 2 is 1.90 bits per heavy atom. The molecule has 2 N–H and O–H groups in total. The van der Waals surface area contributed by atoms with Gasteiger partial charge in [-0.2, -0.15) is 0 Å². The van der Waals surface area contributed by atoms with Crippen LogP contribution in [0.5, 0.6) is 0 Å². The Bertz CT molecular complexity index is 466. The Labute approximate surface area is 125 Å². The lowest BCUT2D eigenvalue weighted by Crippen LogP contribution is -2.44. The number of hydrogen-bond acceptors (Lipinski definition) is 2. The third kappa shape index (κ3) is 3.94. The molecule has 0 aliphatic heterocycles. The van der Waals surface area contributed by atoms with E-state index in [9.17, 15) is 9.50 Å². The van der Waals surface area contributed by atoms with Crippen molar-refractivity contribution in [2.75, 3.05) is 6.54 Å². The van der Waals surface area contributed by atoms with Gasteiger partial charge in [-0.05, 0) is 42.7 Å². The Morgan fingerprint density at radius 1 is 1.25 bits per heavy atom. The van der Waals surface area contributed by atoms with E-state index < -0.39 is 11.4 Å². The zero-order chi connectivity index (χ0) is 14.8. The highest BCUT2D eigenvalue weighted by Crippen LogP contribution is 2.39. The Morgan fingerprint density at radius 3 is 2.55 bits per heavy atom. The summed E-state index contributed by atoms with van der Waals surface area (Å²) in [6.45, 7) is 5.48. The van der Waals surface area contributed by atoms with Crippen LogP contribution in [0, 0.1) is 11.2 Å². The topological polar surface area (TPSA) is 32.3 Å². The highest BCUT2D eigenvalue weighted by atomic mass is 35.5. The van der Waals surface area contributed by atoms with Crippen molar-refractivity contribution in [3.05, 3.63) is 34.6 Å². The van der Waals surface area contributed by atoms with E-state index in [0.29, 0.717) is 18.5 Å². The third-order valence-corrected chi connectivity index (χ3v) is 4.76. The second kappa shape index (κ2) is 6.00. The van der Waals surface area contributed by atoms with Gasteiger partial charge < -0.3 is 10.4 Å². The van der Waals surface area contributed by atoms with Crippen molar-refractivity contribution in [1.29, 1.82) is 0 Å². The zero-order valence-corrected chi connectivity index (χ0v) is 12.9. The molecule has 112 valence electrons. The molecule has 0 aromatic heterocycles. The Hall–Kier alpha value is -0.640. The molecular formula is C16H23ClFNO. The molecular weight excluding hydrogens is 277 g/mol. The van der Waals surface area contributed by atoms with Crippen LogP contribution in [-0.4, -0.2) is 17.3 Å². The molecule has 0 radical (unpaired) electrons. The van der Waals surface area contributed by atoms with Gasteiger partial charge in [0.2, 0.25) is 0 Å². The van der Waals surface area contributed by atoms with Crippen LogP contribution in [0.4, 0.5) is 4.39 Å². The van der Waals surface area contributed by atoms with Crippen molar-refractivity contribution in [2.24, 2.45) is 5.41 Å². The normalized spacial score (nSPS) is 20.9. The van der Waals surface area contributed by atoms with Gasteiger partial charge in [0.15, 0.2) is 0 Å². The summed E-state index contributed by atoms with van der Waals surface area (Å²) in [6, 6.07) is 4.80. The standard InChI is InChI=1S/C16H23ClFNO/c1-15(2)6-8-16(20,9-7-15)11-19-10-12-4-3-5-13(18)14(12)17/h3-5,19-20H,6-11H2,1-2H3. The first-order chi connectivity index (χ1) is 9.31. The van der Waals surface area contributed by atoms with Gasteiger partial charge in [-0.25, -0.2) is 4.39 Å². The third-order valence-electron chi connectivity index (χ3n) is 4.34. The fraction of sp³-hybridized carbons (Fsp3) is 0.625. The van der Waals surface area contributed by atoms with Crippen LogP contribution in [0.1, 0.15) is 45.1 Å². The number of aliphatic hydroxyl groups is 1. The monoisotopic (exact) mass is 299 g/mol. The molecule has 1 aromatic rings. The Balaban J connectivity index is 1.85. The van der Waals surface area contributed by atoms with Gasteiger partial charge in [0, 0.05) is 13.1 Å². The molecule has 0 amide bonds. The molecule has 0 bridgehead atoms. The molecule has 1 aromatic carbocycles. The average Bonchev–Trinajstić information content (AvgIpc) is 2.39. The number of rotatable bonds is 4. The fourth-order valence-electron chi connectivity index (χ4n) is 2.68. The largest absolute Gasteiger partial charge is 0.389 e. The van der Waals surface area contributed by atoms with Crippen molar-refractivity contribution in [2.45, 2.75) is 51.7 Å². The van der Waals surface area contributed by atoms with Crippen molar-refractivity contribution in [3.63, 3.8) is 0 Å². The highest BCUT2D eigenvalue weighted by molar-refractivity contribution is 6.31. The second-order valence-corrected chi connectivity index (χ2v) is 7.08. The quantitative estimate of drug-likeness (QED) is 0.884. The van der Waals surface area contributed by atoms with Crippen LogP contribution in [0.25, 0.3) is 0 Å². The number of nitrogens with one attached hydrogen (secondary N) is 1. The van der Waals surface area contributed by atoms with E-state index in [4.69, 9.17) is 11.6 Å². The van der Waals surface area contributed by atoms with Gasteiger partial charge in [-0.3, -0.25) is 0 Å². The number of halogens is 2. The summed E-state index contributed by atoms with van der Waals surface area (Å²) in [6.07, 6.45) is 3.69. The molecule has 1 fully saturated rings. The van der Waals surface area contributed by atoms with Crippen molar-refractivity contribution in [1.82, 2.24) is 5.32 Å². The highest BCUT2D eigenvalue weighted by Gasteiger charge is 2.36. The van der Waals surface area contributed by atoms with Gasteiger partial charge in [0.1, 0.15) is 5.82 Å². The lowest BCUT2D eigenvalue weighted by atomic mass is 9.71. The van der Waals surface area contributed by atoms with E-state index in [0.717, 1.165) is 31.2 Å². The van der Waals surface area contributed by atoms with Gasteiger partial charge in [-0.1, -0.05) is 37.6 Å². The molecule has 2 nitrogen and oxygen atoms in total. The SMILES string of the molecule is CC1(C)CCC(O)(CNCc2cccc(F)c2Cl)CC1. The maximum absolute atomic E-state index is 13.3. The van der Waals surface area contributed by atoms with E-state index in [1.54, 1.807) is 12.1 Å². The molecule has 0 heterocycles. The molecule has 2 rings (SSSR count). The number of hydrogen-bond donors (Lipinski definition) is 2. The average molecular weight is 300 g/mol. The van der Waals surface area contributed by atoms with E-state index >= 15 is 0 Å². The van der Waals surface area contributed by atoms with Gasteiger partial charge in [0.25, 0.3) is 0 Å². The first-order valence-electron chi connectivity index (χ1n) is 7.17. The number of benzene rings is 1. The summed E-state index contributed by atoms with van der Waals surface area (Å²) in [5, 5.41) is 13.9. The van der Waals surface area contributed by atoms with Gasteiger partial charge >= 0.3 is 0 Å². The lowest BCUT2D eigenvalue weighted by Gasteiger charge is -2.40. The van der Waals surface area contributed by atoms with Crippen LogP contribution < -0.4 is 5.32 Å². The van der Waals surface area contributed by atoms with E-state index in [2.05, 4.69) is 19.2 Å². The van der Waals surface area contributed by atoms with Crippen LogP contribution in [0.2, 0.25) is 5.02 Å². The molecule has 20 heavy (non-hydrogen) atoms. The molecule has 0 spiro atoms. The minimum absolute atomic E-state index is 0.164. The van der Waals surface area contributed by atoms with Crippen LogP contribution in [-0.2, 0) is 6.54 Å². The van der Waals surface area contributed by atoms with Crippen molar-refractivity contribution in [3.8, 4) is 0 Å². The second-order valence-electron chi connectivity index (χ2n) is 6.71. The molecule has 1 aliphatic carbocycles. The molecule has 0 atom stereocenters. The Kier molecular flexibility index (Phi) is 4.73. The minimum atomic E-state index is -0.644. The van der Waals surface area contributed by atoms with E-state index in [-0.39, 0.29) is 5.02 Å². The first-order valence-corrected chi connectivity index (χ1v) is 7.55. The fourth-order valence-corrected chi connectivity index (χ4v) is 2.88. The molecule has 0 saturated heterocycles. The molecule has 1 aliphatic rings. The maximum Gasteiger partial charge on any atom is 0.142 e. The summed E-state index contributed by atoms with van der Waals surface area (Å²) in [5.74, 6) is -0.399. The summed E-state index contributed by atoms with van der Waals surface area (Å²) in [4.78, 5) is 0. The predicted octanol–water partition coefficient (Wildman–Crippen LogP) is 3.90. The minimum Gasteiger partial charge on any atom is -0.389 e. The van der Waals surface area contributed by atoms with Crippen molar-refractivity contribution < 1.29 is 9.50 Å². The van der Waals surface area contributed by atoms with E-state index in [1.165, 1.54) is 6.07 Å². The van der Waals surface area contributed by atoms with Gasteiger partial charge in [-0.15, -0.1) is 0 Å². The van der Waals surface area contributed by atoms with Crippen LogP contribution >= 0.6 is 11.6 Å². The lowest BCUT2D eigenvalue weighted by molar-refractivity contribution is -0.0245.